The third-order valence-electron chi connectivity index (χ3n) is 2.80. The van der Waals surface area contributed by atoms with Crippen LogP contribution in [0.5, 0.6) is 0 Å². The van der Waals surface area contributed by atoms with Crippen LogP contribution in [0, 0.1) is 0 Å². The summed E-state index contributed by atoms with van der Waals surface area (Å²) in [4.78, 5) is 0. The molecule has 0 bridgehead atoms. The molecule has 3 nitrogen and oxygen atoms in total. The van der Waals surface area contributed by atoms with Crippen molar-refractivity contribution < 1.29 is 0 Å². The Morgan fingerprint density at radius 1 is 1.37 bits per heavy atom. The van der Waals surface area contributed by atoms with Crippen molar-refractivity contribution in [3.05, 3.63) is 44.3 Å². The smallest absolute Gasteiger partial charge is 0.134 e. The van der Waals surface area contributed by atoms with Crippen molar-refractivity contribution >= 4 is 27.3 Å². The van der Waals surface area contributed by atoms with Crippen LogP contribution in [0.1, 0.15) is 41.9 Å². The van der Waals surface area contributed by atoms with Crippen LogP contribution in [-0.4, -0.2) is 16.7 Å². The lowest BCUT2D eigenvalue weighted by Gasteiger charge is -2.08. The normalized spacial score (nSPS) is 12.6. The molecule has 0 aliphatic rings. The van der Waals surface area contributed by atoms with Gasteiger partial charge in [0.05, 0.1) is 6.04 Å². The van der Waals surface area contributed by atoms with E-state index in [1.165, 1.54) is 5.56 Å². The number of hydrogen-bond donors (Lipinski definition) is 1. The fourth-order valence-electron chi connectivity index (χ4n) is 1.78. The first-order valence-electron chi connectivity index (χ1n) is 6.49. The van der Waals surface area contributed by atoms with Gasteiger partial charge in [-0.05, 0) is 37.6 Å². The van der Waals surface area contributed by atoms with Crippen molar-refractivity contribution in [2.75, 3.05) is 6.54 Å². The molecule has 0 saturated heterocycles. The van der Waals surface area contributed by atoms with Gasteiger partial charge in [0.1, 0.15) is 10.0 Å². The Balaban J connectivity index is 2.01. The predicted octanol–water partition coefficient (Wildman–Crippen LogP) is 3.95. The molecule has 1 atom stereocenters. The number of nitrogens with one attached hydrogen (secondary N) is 1. The number of aromatic nitrogens is 2. The van der Waals surface area contributed by atoms with Crippen LogP contribution in [0.25, 0.3) is 0 Å². The van der Waals surface area contributed by atoms with E-state index in [0.29, 0.717) is 0 Å². The zero-order valence-corrected chi connectivity index (χ0v) is 13.6. The van der Waals surface area contributed by atoms with Gasteiger partial charge in [-0.1, -0.05) is 46.3 Å². The maximum atomic E-state index is 4.28. The van der Waals surface area contributed by atoms with E-state index >= 15 is 0 Å². The standard InChI is InChI=1S/C14H18BrN3S/c1-3-7-16-10(2)14-18-17-13(19-14)9-11-5-4-6-12(15)8-11/h4-6,8,10,16H,3,7,9H2,1-2H3. The van der Waals surface area contributed by atoms with E-state index in [-0.39, 0.29) is 6.04 Å². The minimum atomic E-state index is 0.286. The average molecular weight is 340 g/mol. The van der Waals surface area contributed by atoms with Crippen molar-refractivity contribution in [2.45, 2.75) is 32.7 Å². The van der Waals surface area contributed by atoms with E-state index in [2.05, 4.69) is 57.4 Å². The summed E-state index contributed by atoms with van der Waals surface area (Å²) in [5.41, 5.74) is 1.26. The van der Waals surface area contributed by atoms with Crippen molar-refractivity contribution in [3.8, 4) is 0 Å². The van der Waals surface area contributed by atoms with Gasteiger partial charge in [0.2, 0.25) is 0 Å². The maximum absolute atomic E-state index is 4.28. The Hall–Kier alpha value is -0.780. The van der Waals surface area contributed by atoms with E-state index in [0.717, 1.165) is 33.9 Å². The molecular weight excluding hydrogens is 322 g/mol. The number of rotatable bonds is 6. The zero-order chi connectivity index (χ0) is 13.7. The monoisotopic (exact) mass is 339 g/mol. The van der Waals surface area contributed by atoms with Crippen LogP contribution in [0.4, 0.5) is 0 Å². The summed E-state index contributed by atoms with van der Waals surface area (Å²) in [6.45, 7) is 5.32. The fraction of sp³-hybridized carbons (Fsp3) is 0.429. The van der Waals surface area contributed by atoms with Crippen LogP contribution in [-0.2, 0) is 6.42 Å². The van der Waals surface area contributed by atoms with Crippen LogP contribution >= 0.6 is 27.3 Å². The predicted molar refractivity (Wildman–Crippen MR) is 83.6 cm³/mol. The molecule has 0 spiro atoms. The summed E-state index contributed by atoms with van der Waals surface area (Å²) < 4.78 is 1.10. The van der Waals surface area contributed by atoms with Crippen LogP contribution in [0.3, 0.4) is 0 Å². The zero-order valence-electron chi connectivity index (χ0n) is 11.2. The molecule has 1 N–H and O–H groups in total. The second-order valence-electron chi connectivity index (χ2n) is 4.52. The topological polar surface area (TPSA) is 37.8 Å². The lowest BCUT2D eigenvalue weighted by Crippen LogP contribution is -2.18. The van der Waals surface area contributed by atoms with Gasteiger partial charge in [0, 0.05) is 10.9 Å². The Labute approximate surface area is 126 Å². The third-order valence-corrected chi connectivity index (χ3v) is 4.40. The largest absolute Gasteiger partial charge is 0.308 e. The summed E-state index contributed by atoms with van der Waals surface area (Å²) in [6, 6.07) is 8.61. The lowest BCUT2D eigenvalue weighted by atomic mass is 10.2. The Kier molecular flexibility index (Phi) is 5.48. The second-order valence-corrected chi connectivity index (χ2v) is 6.53. The van der Waals surface area contributed by atoms with Gasteiger partial charge < -0.3 is 5.32 Å². The summed E-state index contributed by atoms with van der Waals surface area (Å²) in [5.74, 6) is 0. The quantitative estimate of drug-likeness (QED) is 0.865. The Morgan fingerprint density at radius 2 is 2.21 bits per heavy atom. The number of halogens is 1. The van der Waals surface area contributed by atoms with Crippen LogP contribution < -0.4 is 5.32 Å². The summed E-state index contributed by atoms with van der Waals surface area (Å²) in [5, 5.41) is 14.1. The van der Waals surface area contributed by atoms with Crippen molar-refractivity contribution in [2.24, 2.45) is 0 Å². The number of benzene rings is 1. The highest BCUT2D eigenvalue weighted by Gasteiger charge is 2.11. The van der Waals surface area contributed by atoms with Gasteiger partial charge in [0.15, 0.2) is 0 Å². The van der Waals surface area contributed by atoms with E-state index in [4.69, 9.17) is 0 Å². The first kappa shape index (κ1) is 14.6. The van der Waals surface area contributed by atoms with Gasteiger partial charge in [-0.15, -0.1) is 10.2 Å². The number of nitrogens with zero attached hydrogens (tertiary/aromatic N) is 2. The molecule has 1 heterocycles. The van der Waals surface area contributed by atoms with Gasteiger partial charge in [0.25, 0.3) is 0 Å². The first-order valence-corrected chi connectivity index (χ1v) is 8.10. The van der Waals surface area contributed by atoms with Gasteiger partial charge in [-0.3, -0.25) is 0 Å². The molecular formula is C14H18BrN3S. The Bertz CT molecular complexity index is 527. The molecule has 0 aliphatic carbocycles. The third kappa shape index (κ3) is 4.37. The molecule has 102 valence electrons. The van der Waals surface area contributed by atoms with Gasteiger partial charge in [-0.25, -0.2) is 0 Å². The van der Waals surface area contributed by atoms with E-state index in [1.54, 1.807) is 11.3 Å². The molecule has 5 heteroatoms. The molecule has 2 aromatic rings. The lowest BCUT2D eigenvalue weighted by molar-refractivity contribution is 0.564. The highest BCUT2D eigenvalue weighted by atomic mass is 79.9. The maximum Gasteiger partial charge on any atom is 0.134 e. The average Bonchev–Trinajstić information content (AvgIpc) is 2.84. The molecule has 19 heavy (non-hydrogen) atoms. The molecule has 0 saturated carbocycles. The van der Waals surface area contributed by atoms with Crippen LogP contribution in [0.15, 0.2) is 28.7 Å². The van der Waals surface area contributed by atoms with E-state index in [1.807, 2.05) is 12.1 Å². The second kappa shape index (κ2) is 7.12. The van der Waals surface area contributed by atoms with Crippen molar-refractivity contribution in [1.29, 1.82) is 0 Å². The molecule has 0 radical (unpaired) electrons. The van der Waals surface area contributed by atoms with Crippen molar-refractivity contribution in [3.63, 3.8) is 0 Å². The molecule has 2 rings (SSSR count). The van der Waals surface area contributed by atoms with Crippen molar-refractivity contribution in [1.82, 2.24) is 15.5 Å². The number of hydrogen-bond acceptors (Lipinski definition) is 4. The summed E-state index contributed by atoms with van der Waals surface area (Å²) >= 11 is 5.18. The molecule has 0 fully saturated rings. The highest BCUT2D eigenvalue weighted by Crippen LogP contribution is 2.21. The highest BCUT2D eigenvalue weighted by molar-refractivity contribution is 9.10. The minimum absolute atomic E-state index is 0.286. The first-order chi connectivity index (χ1) is 9.19. The van der Waals surface area contributed by atoms with E-state index in [9.17, 15) is 0 Å². The fourth-order valence-corrected chi connectivity index (χ4v) is 3.13. The SMILES string of the molecule is CCCNC(C)c1nnc(Cc2cccc(Br)c2)s1. The Morgan fingerprint density at radius 3 is 2.95 bits per heavy atom. The molecule has 1 aromatic carbocycles. The molecule has 1 unspecified atom stereocenters. The summed E-state index contributed by atoms with van der Waals surface area (Å²) in [7, 11) is 0. The van der Waals surface area contributed by atoms with Gasteiger partial charge >= 0.3 is 0 Å². The molecule has 0 aliphatic heterocycles. The minimum Gasteiger partial charge on any atom is -0.308 e. The van der Waals surface area contributed by atoms with Crippen LogP contribution in [0.2, 0.25) is 0 Å². The molecule has 1 aromatic heterocycles. The summed E-state index contributed by atoms with van der Waals surface area (Å²) in [6.07, 6.45) is 1.98. The van der Waals surface area contributed by atoms with Gasteiger partial charge in [-0.2, -0.15) is 0 Å². The van der Waals surface area contributed by atoms with E-state index < -0.39 is 0 Å². The molecule has 0 amide bonds.